The Morgan fingerprint density at radius 2 is 1.89 bits per heavy atom. The van der Waals surface area contributed by atoms with Gasteiger partial charge in [0.1, 0.15) is 0 Å². The Kier molecular flexibility index (Phi) is 5.33. The molecule has 8 heteroatoms. The molecule has 4 nitrogen and oxygen atoms in total. The Labute approximate surface area is 108 Å². The van der Waals surface area contributed by atoms with E-state index < -0.39 is 11.2 Å². The van der Waals surface area contributed by atoms with Gasteiger partial charge in [-0.1, -0.05) is 25.2 Å². The van der Waals surface area contributed by atoms with Crippen LogP contribution in [-0.4, -0.2) is 29.3 Å². The van der Waals surface area contributed by atoms with Gasteiger partial charge in [-0.15, -0.1) is 10.2 Å². The monoisotopic (exact) mass is 282 g/mol. The largest absolute Gasteiger partial charge is 0.445 e. The van der Waals surface area contributed by atoms with Crippen LogP contribution in [0.3, 0.4) is 0 Å². The van der Waals surface area contributed by atoms with E-state index in [0.29, 0.717) is 29.6 Å². The summed E-state index contributed by atoms with van der Waals surface area (Å²) in [6.45, 7) is 4.84. The highest BCUT2D eigenvalue weighted by Crippen LogP contribution is 2.35. The number of alkyl halides is 3. The van der Waals surface area contributed by atoms with Gasteiger partial charge < -0.3 is 10.6 Å². The fourth-order valence-electron chi connectivity index (χ4n) is 1.75. The van der Waals surface area contributed by atoms with Crippen molar-refractivity contribution in [2.45, 2.75) is 38.9 Å². The summed E-state index contributed by atoms with van der Waals surface area (Å²) in [4.78, 5) is 1.81. The highest BCUT2D eigenvalue weighted by Gasteiger charge is 2.36. The predicted octanol–water partition coefficient (Wildman–Crippen LogP) is 2.51. The summed E-state index contributed by atoms with van der Waals surface area (Å²) >= 11 is 0.570. The van der Waals surface area contributed by atoms with Gasteiger partial charge in [0.15, 0.2) is 0 Å². The molecule has 0 amide bonds. The molecule has 0 aliphatic heterocycles. The molecule has 0 saturated carbocycles. The molecule has 0 atom stereocenters. The summed E-state index contributed by atoms with van der Waals surface area (Å²) in [6, 6.07) is 0.141. The summed E-state index contributed by atoms with van der Waals surface area (Å²) in [5.41, 5.74) is 5.50. The van der Waals surface area contributed by atoms with Gasteiger partial charge in [0.2, 0.25) is 10.1 Å². The molecule has 0 saturated heterocycles. The molecule has 1 rings (SSSR count). The Morgan fingerprint density at radius 1 is 1.28 bits per heavy atom. The van der Waals surface area contributed by atoms with Crippen LogP contribution in [-0.2, 0) is 6.18 Å². The van der Waals surface area contributed by atoms with Crippen LogP contribution in [0.1, 0.15) is 31.7 Å². The number of rotatable bonds is 6. The quantitative estimate of drug-likeness (QED) is 0.871. The summed E-state index contributed by atoms with van der Waals surface area (Å²) in [5.74, 6) is 0. The van der Waals surface area contributed by atoms with E-state index in [-0.39, 0.29) is 6.04 Å². The van der Waals surface area contributed by atoms with E-state index in [0.717, 1.165) is 12.8 Å². The molecule has 104 valence electrons. The number of nitrogens with zero attached hydrogens (tertiary/aromatic N) is 3. The van der Waals surface area contributed by atoms with Crippen LogP contribution >= 0.6 is 11.3 Å². The molecule has 0 aliphatic carbocycles. The summed E-state index contributed by atoms with van der Waals surface area (Å²) < 4.78 is 37.4. The van der Waals surface area contributed by atoms with Crippen LogP contribution in [0.4, 0.5) is 18.3 Å². The zero-order chi connectivity index (χ0) is 13.8. The minimum Gasteiger partial charge on any atom is -0.342 e. The van der Waals surface area contributed by atoms with Crippen LogP contribution in [0.5, 0.6) is 0 Å². The Morgan fingerprint density at radius 3 is 2.28 bits per heavy atom. The Balaban J connectivity index is 2.95. The van der Waals surface area contributed by atoms with Crippen LogP contribution in [0.25, 0.3) is 0 Å². The number of halogens is 3. The summed E-state index contributed by atoms with van der Waals surface area (Å²) in [6.07, 6.45) is -2.77. The second-order valence-corrected chi connectivity index (χ2v) is 4.80. The van der Waals surface area contributed by atoms with Gasteiger partial charge >= 0.3 is 6.18 Å². The molecule has 18 heavy (non-hydrogen) atoms. The van der Waals surface area contributed by atoms with Crippen LogP contribution < -0.4 is 10.6 Å². The third-order valence-electron chi connectivity index (χ3n) is 2.66. The summed E-state index contributed by atoms with van der Waals surface area (Å²) in [5, 5.41) is 6.22. The van der Waals surface area contributed by atoms with Crippen LogP contribution in [0.2, 0.25) is 0 Å². The molecule has 1 aromatic heterocycles. The topological polar surface area (TPSA) is 55.0 Å². The van der Waals surface area contributed by atoms with E-state index in [1.165, 1.54) is 0 Å². The van der Waals surface area contributed by atoms with Crippen molar-refractivity contribution >= 4 is 16.5 Å². The third kappa shape index (κ3) is 3.55. The minimum atomic E-state index is -4.43. The summed E-state index contributed by atoms with van der Waals surface area (Å²) in [7, 11) is 0. The van der Waals surface area contributed by atoms with Crippen molar-refractivity contribution < 1.29 is 13.2 Å². The lowest BCUT2D eigenvalue weighted by Crippen LogP contribution is -2.38. The molecular weight excluding hydrogens is 265 g/mol. The van der Waals surface area contributed by atoms with Crippen molar-refractivity contribution in [2.24, 2.45) is 5.73 Å². The fraction of sp³-hybridized carbons (Fsp3) is 0.800. The molecule has 0 spiro atoms. The number of anilines is 1. The fourth-order valence-corrected chi connectivity index (χ4v) is 2.56. The maximum atomic E-state index is 12.5. The van der Waals surface area contributed by atoms with E-state index in [2.05, 4.69) is 10.2 Å². The molecule has 0 radical (unpaired) electrons. The molecular formula is C10H17F3N4S. The standard InChI is InChI=1S/C10H17F3N4S/c1-3-7(4-2)17(6-5-14)9-16-15-8(18-9)10(11,12)13/h7H,3-6,14H2,1-2H3. The van der Waals surface area contributed by atoms with E-state index in [9.17, 15) is 13.2 Å². The van der Waals surface area contributed by atoms with E-state index in [1.54, 1.807) is 0 Å². The molecule has 1 aromatic rings. The van der Waals surface area contributed by atoms with Crippen molar-refractivity contribution in [3.05, 3.63) is 5.01 Å². The van der Waals surface area contributed by atoms with Gasteiger partial charge in [0, 0.05) is 19.1 Å². The highest BCUT2D eigenvalue weighted by molar-refractivity contribution is 7.15. The van der Waals surface area contributed by atoms with Crippen molar-refractivity contribution in [3.8, 4) is 0 Å². The van der Waals surface area contributed by atoms with Gasteiger partial charge in [-0.05, 0) is 12.8 Å². The smallest absolute Gasteiger partial charge is 0.342 e. The van der Waals surface area contributed by atoms with Crippen molar-refractivity contribution in [2.75, 3.05) is 18.0 Å². The van der Waals surface area contributed by atoms with Crippen molar-refractivity contribution in [1.29, 1.82) is 0 Å². The van der Waals surface area contributed by atoms with Crippen molar-refractivity contribution in [3.63, 3.8) is 0 Å². The van der Waals surface area contributed by atoms with E-state index in [1.807, 2.05) is 18.7 Å². The second-order valence-electron chi connectivity index (χ2n) is 3.84. The normalized spacial score (nSPS) is 12.2. The lowest BCUT2D eigenvalue weighted by atomic mass is 10.1. The maximum Gasteiger partial charge on any atom is 0.445 e. The van der Waals surface area contributed by atoms with Gasteiger partial charge in [-0.3, -0.25) is 0 Å². The Hall–Kier alpha value is -0.890. The first-order valence-corrected chi connectivity index (χ1v) is 6.63. The number of hydrogen-bond donors (Lipinski definition) is 1. The molecule has 0 fully saturated rings. The zero-order valence-corrected chi connectivity index (χ0v) is 11.2. The van der Waals surface area contributed by atoms with Gasteiger partial charge in [0.25, 0.3) is 0 Å². The first-order chi connectivity index (χ1) is 8.43. The van der Waals surface area contributed by atoms with Crippen LogP contribution in [0, 0.1) is 0 Å². The number of hydrogen-bond acceptors (Lipinski definition) is 5. The maximum absolute atomic E-state index is 12.5. The molecule has 2 N–H and O–H groups in total. The SMILES string of the molecule is CCC(CC)N(CCN)c1nnc(C(F)(F)F)s1. The highest BCUT2D eigenvalue weighted by atomic mass is 32.1. The lowest BCUT2D eigenvalue weighted by molar-refractivity contribution is -0.138. The van der Waals surface area contributed by atoms with Crippen molar-refractivity contribution in [1.82, 2.24) is 10.2 Å². The molecule has 0 bridgehead atoms. The van der Waals surface area contributed by atoms with E-state index in [4.69, 9.17) is 5.73 Å². The average molecular weight is 282 g/mol. The second kappa shape index (κ2) is 6.33. The molecule has 0 aliphatic rings. The minimum absolute atomic E-state index is 0.141. The Bertz CT molecular complexity index is 362. The van der Waals surface area contributed by atoms with Gasteiger partial charge in [0.05, 0.1) is 0 Å². The van der Waals surface area contributed by atoms with Gasteiger partial charge in [-0.2, -0.15) is 13.2 Å². The van der Waals surface area contributed by atoms with Crippen LogP contribution in [0.15, 0.2) is 0 Å². The number of nitrogens with two attached hydrogens (primary N) is 1. The average Bonchev–Trinajstić information content (AvgIpc) is 2.78. The predicted molar refractivity (Wildman–Crippen MR) is 65.7 cm³/mol. The first kappa shape index (κ1) is 15.2. The first-order valence-electron chi connectivity index (χ1n) is 5.81. The molecule has 0 unspecified atom stereocenters. The third-order valence-corrected chi connectivity index (χ3v) is 3.66. The zero-order valence-electron chi connectivity index (χ0n) is 10.4. The molecule has 0 aromatic carbocycles. The lowest BCUT2D eigenvalue weighted by Gasteiger charge is -2.29. The van der Waals surface area contributed by atoms with Gasteiger partial charge in [-0.25, -0.2) is 0 Å². The van der Waals surface area contributed by atoms with E-state index >= 15 is 0 Å². The number of aromatic nitrogens is 2. The molecule has 1 heterocycles.